The van der Waals surface area contributed by atoms with Crippen LogP contribution in [0.5, 0.6) is 0 Å². The van der Waals surface area contributed by atoms with Crippen molar-refractivity contribution in [1.82, 2.24) is 29.2 Å². The lowest BCUT2D eigenvalue weighted by atomic mass is 9.90. The molecule has 1 saturated carbocycles. The van der Waals surface area contributed by atoms with Gasteiger partial charge in [-0.05, 0) is 56.1 Å². The molecule has 0 atom stereocenters. The van der Waals surface area contributed by atoms with Crippen LogP contribution in [0.1, 0.15) is 61.0 Å². The number of benzene rings is 1. The average Bonchev–Trinajstić information content (AvgIpc) is 3.37. The molecule has 0 unspecified atom stereocenters. The van der Waals surface area contributed by atoms with Crippen molar-refractivity contribution in [3.8, 4) is 11.3 Å². The van der Waals surface area contributed by atoms with Crippen LogP contribution < -0.4 is 16.6 Å². The van der Waals surface area contributed by atoms with Crippen LogP contribution in [0, 0.1) is 5.82 Å². The predicted octanol–water partition coefficient (Wildman–Crippen LogP) is 4.08. The summed E-state index contributed by atoms with van der Waals surface area (Å²) in [7, 11) is 1.81. The van der Waals surface area contributed by atoms with Crippen molar-refractivity contribution in [1.29, 1.82) is 0 Å². The van der Waals surface area contributed by atoms with Crippen molar-refractivity contribution in [2.45, 2.75) is 56.7 Å². The Morgan fingerprint density at radius 3 is 2.40 bits per heavy atom. The van der Waals surface area contributed by atoms with E-state index in [2.05, 4.69) is 15.4 Å². The number of amides is 1. The number of thioether (sulfide) groups is 1. The Bertz CT molecular complexity index is 1670. The van der Waals surface area contributed by atoms with E-state index in [9.17, 15) is 18.8 Å². The third kappa shape index (κ3) is 4.87. The second-order valence-electron chi connectivity index (χ2n) is 10.6. The maximum atomic E-state index is 14.2. The summed E-state index contributed by atoms with van der Waals surface area (Å²) in [6.07, 6.45) is 6.58. The van der Waals surface area contributed by atoms with Crippen LogP contribution in [0.4, 0.5) is 4.39 Å². The number of halogens is 1. The third-order valence-electron chi connectivity index (χ3n) is 8.11. The number of carbonyl (C=O) groups is 1. The molecule has 0 bridgehead atoms. The first kappa shape index (κ1) is 26.5. The van der Waals surface area contributed by atoms with E-state index in [1.54, 1.807) is 15.4 Å². The second-order valence-corrected chi connectivity index (χ2v) is 11.8. The molecule has 0 spiro atoms. The summed E-state index contributed by atoms with van der Waals surface area (Å²) in [6, 6.07) is 10.4. The Kier molecular flexibility index (Phi) is 7.31. The van der Waals surface area contributed by atoms with Crippen LogP contribution in [0.2, 0.25) is 0 Å². The van der Waals surface area contributed by atoms with Gasteiger partial charge < -0.3 is 5.32 Å². The predicted molar refractivity (Wildman–Crippen MR) is 153 cm³/mol. The molecule has 6 rings (SSSR count). The highest BCUT2D eigenvalue weighted by molar-refractivity contribution is 7.99. The smallest absolute Gasteiger partial charge is 0.333 e. The van der Waals surface area contributed by atoms with Crippen molar-refractivity contribution in [3.63, 3.8) is 0 Å². The molecule has 3 aromatic heterocycles. The minimum absolute atomic E-state index is 0.0741. The van der Waals surface area contributed by atoms with Gasteiger partial charge in [0.2, 0.25) is 0 Å². The number of rotatable bonds is 5. The van der Waals surface area contributed by atoms with Gasteiger partial charge in [0, 0.05) is 30.7 Å². The zero-order chi connectivity index (χ0) is 27.8. The van der Waals surface area contributed by atoms with Gasteiger partial charge in [-0.2, -0.15) is 16.9 Å². The fourth-order valence-electron chi connectivity index (χ4n) is 6.08. The minimum Gasteiger partial charge on any atom is -0.349 e. The number of hydrogen-bond acceptors (Lipinski definition) is 6. The quantitative estimate of drug-likeness (QED) is 0.393. The summed E-state index contributed by atoms with van der Waals surface area (Å²) in [4.78, 5) is 44.8. The molecule has 2 fully saturated rings. The highest BCUT2D eigenvalue weighted by atomic mass is 32.2. The molecular formula is C29H31FN6O3S. The number of nitrogens with one attached hydrogen (secondary N) is 1. The molecule has 208 valence electrons. The van der Waals surface area contributed by atoms with Gasteiger partial charge in [0.1, 0.15) is 11.5 Å². The molecule has 1 N–H and O–H groups in total. The zero-order valence-electron chi connectivity index (χ0n) is 22.3. The van der Waals surface area contributed by atoms with Crippen LogP contribution in [0.3, 0.4) is 0 Å². The van der Waals surface area contributed by atoms with Gasteiger partial charge in [-0.25, -0.2) is 14.2 Å². The van der Waals surface area contributed by atoms with E-state index in [0.717, 1.165) is 41.8 Å². The van der Waals surface area contributed by atoms with Crippen molar-refractivity contribution in [2.24, 2.45) is 7.05 Å². The van der Waals surface area contributed by atoms with Crippen LogP contribution >= 0.6 is 11.8 Å². The lowest BCUT2D eigenvalue weighted by Crippen LogP contribution is -2.46. The van der Waals surface area contributed by atoms with E-state index in [1.165, 1.54) is 10.6 Å². The molecule has 1 aliphatic carbocycles. The molecule has 1 amide bonds. The average molecular weight is 563 g/mol. The molecule has 9 nitrogen and oxygen atoms in total. The third-order valence-corrected chi connectivity index (χ3v) is 9.16. The highest BCUT2D eigenvalue weighted by Gasteiger charge is 2.30. The topological polar surface area (TPSA) is 104 Å². The Hall–Kier alpha value is -3.73. The largest absolute Gasteiger partial charge is 0.349 e. The molecule has 40 heavy (non-hydrogen) atoms. The van der Waals surface area contributed by atoms with Crippen LogP contribution in [-0.2, 0) is 7.05 Å². The highest BCUT2D eigenvalue weighted by Crippen LogP contribution is 2.31. The van der Waals surface area contributed by atoms with Crippen LogP contribution in [0.25, 0.3) is 22.3 Å². The Labute approximate surface area is 234 Å². The molecule has 1 aliphatic heterocycles. The van der Waals surface area contributed by atoms with E-state index < -0.39 is 11.4 Å². The van der Waals surface area contributed by atoms with Crippen molar-refractivity contribution in [2.75, 3.05) is 11.5 Å². The van der Waals surface area contributed by atoms with Gasteiger partial charge in [-0.3, -0.25) is 23.4 Å². The summed E-state index contributed by atoms with van der Waals surface area (Å²) in [5.41, 5.74) is 1.55. The van der Waals surface area contributed by atoms with E-state index in [1.807, 2.05) is 49.1 Å². The lowest BCUT2D eigenvalue weighted by Gasteiger charge is -2.31. The fourth-order valence-corrected chi connectivity index (χ4v) is 7.16. The van der Waals surface area contributed by atoms with E-state index in [0.29, 0.717) is 31.2 Å². The number of aromatic nitrogens is 5. The maximum absolute atomic E-state index is 14.2. The number of nitrogens with zero attached hydrogens (tertiary/aromatic N) is 5. The van der Waals surface area contributed by atoms with Crippen molar-refractivity contribution in [3.05, 3.63) is 81.0 Å². The molecule has 4 aromatic rings. The fraction of sp³-hybridized carbons (Fsp3) is 0.414. The minimum atomic E-state index is -0.600. The number of carbonyl (C=O) groups excluding carboxylic acids is 1. The molecule has 1 aromatic carbocycles. The number of fused-ring (bicyclic) bond motifs is 1. The molecule has 0 radical (unpaired) electrons. The monoisotopic (exact) mass is 562 g/mol. The second kappa shape index (κ2) is 11.0. The van der Waals surface area contributed by atoms with E-state index >= 15 is 0 Å². The van der Waals surface area contributed by atoms with Crippen LogP contribution in [-0.4, -0.2) is 47.4 Å². The standard InChI is InChI=1S/C29H31FN6O3S/c1-34-25(18-5-3-2-4-6-18)24(17-32-34)27(37)33-20-7-9-21(10-8-20)36-28(38)23-15-19(30)16-31-26(23)35(29(36)39)22-11-13-40-14-12-22/h2-6,15-17,20-22H,7-14H2,1H3,(H,33,37)/t20-,21+. The summed E-state index contributed by atoms with van der Waals surface area (Å²) < 4.78 is 18.8. The van der Waals surface area contributed by atoms with Crippen molar-refractivity contribution >= 4 is 28.7 Å². The van der Waals surface area contributed by atoms with Gasteiger partial charge >= 0.3 is 5.69 Å². The van der Waals surface area contributed by atoms with Gasteiger partial charge in [-0.1, -0.05) is 30.3 Å². The first-order valence-electron chi connectivity index (χ1n) is 13.7. The number of pyridine rings is 1. The lowest BCUT2D eigenvalue weighted by molar-refractivity contribution is 0.0922. The SMILES string of the molecule is Cn1ncc(C(=O)N[C@H]2CC[C@@H](n3c(=O)c4cc(F)cnc4n(C4CCSCC4)c3=O)CC2)c1-c1ccccc1. The number of aryl methyl sites for hydroxylation is 1. The summed E-state index contributed by atoms with van der Waals surface area (Å²) in [6.45, 7) is 0. The normalized spacial score (nSPS) is 20.1. The van der Waals surface area contributed by atoms with Gasteiger partial charge in [0.05, 0.1) is 29.0 Å². The first-order chi connectivity index (χ1) is 19.4. The molecule has 11 heteroatoms. The van der Waals surface area contributed by atoms with Gasteiger partial charge in [0.15, 0.2) is 0 Å². The maximum Gasteiger partial charge on any atom is 0.333 e. The molecule has 4 heterocycles. The summed E-state index contributed by atoms with van der Waals surface area (Å²) in [5.74, 6) is 1.05. The summed E-state index contributed by atoms with van der Waals surface area (Å²) in [5, 5.41) is 7.58. The van der Waals surface area contributed by atoms with Crippen LogP contribution in [0.15, 0.2) is 58.4 Å². The Morgan fingerprint density at radius 1 is 0.975 bits per heavy atom. The van der Waals surface area contributed by atoms with E-state index in [-0.39, 0.29) is 40.8 Å². The van der Waals surface area contributed by atoms with Gasteiger partial charge in [-0.15, -0.1) is 0 Å². The molecule has 2 aliphatic rings. The van der Waals surface area contributed by atoms with Gasteiger partial charge in [0.25, 0.3) is 11.5 Å². The van der Waals surface area contributed by atoms with Crippen molar-refractivity contribution < 1.29 is 9.18 Å². The zero-order valence-corrected chi connectivity index (χ0v) is 23.1. The summed E-state index contributed by atoms with van der Waals surface area (Å²) >= 11 is 1.84. The Morgan fingerprint density at radius 2 is 1.68 bits per heavy atom. The number of hydrogen-bond donors (Lipinski definition) is 1. The van der Waals surface area contributed by atoms with E-state index in [4.69, 9.17) is 0 Å². The molecule has 1 saturated heterocycles. The first-order valence-corrected chi connectivity index (χ1v) is 14.9. The Balaban J connectivity index is 1.24. The molecular weight excluding hydrogens is 531 g/mol.